The number of nitrogens with zero attached hydrogens (tertiary/aromatic N) is 3. The van der Waals surface area contributed by atoms with Gasteiger partial charge in [0.25, 0.3) is 0 Å². The van der Waals surface area contributed by atoms with Crippen molar-refractivity contribution in [3.05, 3.63) is 23.5 Å². The molecule has 0 fully saturated rings. The third kappa shape index (κ3) is 1.70. The Morgan fingerprint density at radius 2 is 1.81 bits per heavy atom. The van der Waals surface area contributed by atoms with E-state index in [0.29, 0.717) is 12.0 Å². The first-order valence-electron chi connectivity index (χ1n) is 5.85. The number of hydrogen-bond acceptors (Lipinski definition) is 2. The summed E-state index contributed by atoms with van der Waals surface area (Å²) in [6.45, 7) is 10.7. The van der Waals surface area contributed by atoms with Crippen LogP contribution in [0.2, 0.25) is 0 Å². The first kappa shape index (κ1) is 11.1. The molecular formula is C13H19N3. The molecule has 0 unspecified atom stereocenters. The van der Waals surface area contributed by atoms with Crippen LogP contribution in [0.1, 0.15) is 50.9 Å². The van der Waals surface area contributed by atoms with Crippen LogP contribution in [-0.4, -0.2) is 14.8 Å². The molecular weight excluding hydrogens is 198 g/mol. The lowest BCUT2D eigenvalue weighted by Crippen LogP contribution is -2.02. The fourth-order valence-electron chi connectivity index (χ4n) is 1.90. The third-order valence-electron chi connectivity index (χ3n) is 2.94. The summed E-state index contributed by atoms with van der Waals surface area (Å²) in [6.07, 6.45) is 2.16. The fourth-order valence-corrected chi connectivity index (χ4v) is 1.90. The summed E-state index contributed by atoms with van der Waals surface area (Å²) in [7, 11) is 0. The summed E-state index contributed by atoms with van der Waals surface area (Å²) in [6, 6.07) is 2.59. The van der Waals surface area contributed by atoms with E-state index in [-0.39, 0.29) is 0 Å². The number of fused-ring (bicyclic) bond motifs is 1. The van der Waals surface area contributed by atoms with E-state index in [1.54, 1.807) is 0 Å². The highest BCUT2D eigenvalue weighted by molar-refractivity contribution is 5.80. The Balaban J connectivity index is 2.67. The van der Waals surface area contributed by atoms with E-state index < -0.39 is 0 Å². The maximum atomic E-state index is 4.36. The lowest BCUT2D eigenvalue weighted by Gasteiger charge is -2.08. The fraction of sp³-hybridized carbons (Fsp3) is 0.538. The van der Waals surface area contributed by atoms with Crippen molar-refractivity contribution >= 4 is 11.0 Å². The Kier molecular flexibility index (Phi) is 2.70. The van der Waals surface area contributed by atoms with Crippen LogP contribution in [0.3, 0.4) is 0 Å². The third-order valence-corrected chi connectivity index (χ3v) is 2.94. The zero-order valence-corrected chi connectivity index (χ0v) is 10.7. The molecule has 2 aromatic rings. The van der Waals surface area contributed by atoms with Gasteiger partial charge in [-0.2, -0.15) is 5.10 Å². The van der Waals surface area contributed by atoms with Gasteiger partial charge in [0.1, 0.15) is 0 Å². The van der Waals surface area contributed by atoms with E-state index in [9.17, 15) is 0 Å². The lowest BCUT2D eigenvalue weighted by atomic mass is 10.1. The van der Waals surface area contributed by atoms with E-state index in [0.717, 1.165) is 11.3 Å². The number of aryl methyl sites for hydroxylation is 1. The number of rotatable bonds is 2. The molecule has 0 spiro atoms. The minimum Gasteiger partial charge on any atom is -0.328 e. The van der Waals surface area contributed by atoms with Gasteiger partial charge in [-0.05, 0) is 38.3 Å². The maximum Gasteiger partial charge on any atom is 0.163 e. The van der Waals surface area contributed by atoms with Gasteiger partial charge in [-0.3, -0.25) is 0 Å². The van der Waals surface area contributed by atoms with Crippen LogP contribution >= 0.6 is 0 Å². The highest BCUT2D eigenvalue weighted by Gasteiger charge is 2.11. The molecule has 0 aliphatic rings. The molecule has 16 heavy (non-hydrogen) atoms. The normalized spacial score (nSPS) is 11.9. The highest BCUT2D eigenvalue weighted by Crippen LogP contribution is 2.24. The Morgan fingerprint density at radius 1 is 1.12 bits per heavy atom. The summed E-state index contributed by atoms with van der Waals surface area (Å²) in [4.78, 5) is 0. The smallest absolute Gasteiger partial charge is 0.163 e. The minimum absolute atomic E-state index is 0.426. The van der Waals surface area contributed by atoms with Gasteiger partial charge >= 0.3 is 0 Å². The minimum atomic E-state index is 0.426. The van der Waals surface area contributed by atoms with Crippen molar-refractivity contribution in [1.29, 1.82) is 0 Å². The molecule has 0 atom stereocenters. The molecule has 0 aliphatic heterocycles. The average molecular weight is 217 g/mol. The van der Waals surface area contributed by atoms with Crippen molar-refractivity contribution in [1.82, 2.24) is 14.8 Å². The molecule has 3 nitrogen and oxygen atoms in total. The van der Waals surface area contributed by atoms with Crippen LogP contribution in [0.5, 0.6) is 0 Å². The molecule has 0 saturated carbocycles. The van der Waals surface area contributed by atoms with E-state index in [1.165, 1.54) is 10.9 Å². The topological polar surface area (TPSA) is 30.7 Å². The van der Waals surface area contributed by atoms with Gasteiger partial charge in [-0.1, -0.05) is 13.8 Å². The molecule has 2 rings (SSSR count). The quantitative estimate of drug-likeness (QED) is 0.771. The SMILES string of the molecule is Cc1cn(C(C)C)c2nnc(C(C)C)cc12. The van der Waals surface area contributed by atoms with Crippen LogP contribution < -0.4 is 0 Å². The second kappa shape index (κ2) is 3.89. The molecule has 0 N–H and O–H groups in total. The highest BCUT2D eigenvalue weighted by atomic mass is 15.2. The summed E-state index contributed by atoms with van der Waals surface area (Å²) >= 11 is 0. The summed E-state index contributed by atoms with van der Waals surface area (Å²) in [5.41, 5.74) is 3.34. The van der Waals surface area contributed by atoms with E-state index in [4.69, 9.17) is 0 Å². The van der Waals surface area contributed by atoms with E-state index in [2.05, 4.69) is 61.6 Å². The zero-order chi connectivity index (χ0) is 11.9. The van der Waals surface area contributed by atoms with Crippen molar-refractivity contribution in [2.24, 2.45) is 0 Å². The first-order chi connectivity index (χ1) is 7.50. The van der Waals surface area contributed by atoms with Gasteiger partial charge in [-0.15, -0.1) is 5.10 Å². The van der Waals surface area contributed by atoms with Gasteiger partial charge in [0.05, 0.1) is 5.69 Å². The van der Waals surface area contributed by atoms with E-state index in [1.807, 2.05) is 0 Å². The molecule has 2 heterocycles. The molecule has 0 aliphatic carbocycles. The number of aromatic nitrogens is 3. The van der Waals surface area contributed by atoms with Gasteiger partial charge in [0.2, 0.25) is 0 Å². The largest absolute Gasteiger partial charge is 0.328 e. The second-order valence-corrected chi connectivity index (χ2v) is 4.97. The van der Waals surface area contributed by atoms with Crippen LogP contribution in [0.25, 0.3) is 11.0 Å². The van der Waals surface area contributed by atoms with Crippen molar-refractivity contribution in [2.75, 3.05) is 0 Å². The van der Waals surface area contributed by atoms with Gasteiger partial charge in [0.15, 0.2) is 5.65 Å². The molecule has 0 amide bonds. The number of hydrogen-bond donors (Lipinski definition) is 0. The maximum absolute atomic E-state index is 4.36. The van der Waals surface area contributed by atoms with Gasteiger partial charge in [0, 0.05) is 17.6 Å². The molecule has 0 aromatic carbocycles. The molecule has 0 bridgehead atoms. The Hall–Kier alpha value is -1.38. The van der Waals surface area contributed by atoms with E-state index >= 15 is 0 Å². The predicted molar refractivity (Wildman–Crippen MR) is 66.7 cm³/mol. The molecule has 0 saturated heterocycles. The van der Waals surface area contributed by atoms with Crippen LogP contribution in [0, 0.1) is 6.92 Å². The second-order valence-electron chi connectivity index (χ2n) is 4.97. The zero-order valence-electron chi connectivity index (χ0n) is 10.7. The monoisotopic (exact) mass is 217 g/mol. The Morgan fingerprint density at radius 3 is 2.38 bits per heavy atom. The molecule has 2 aromatic heterocycles. The molecule has 3 heteroatoms. The van der Waals surface area contributed by atoms with Crippen molar-refractivity contribution in [3.63, 3.8) is 0 Å². The molecule has 0 radical (unpaired) electrons. The van der Waals surface area contributed by atoms with Crippen LogP contribution in [-0.2, 0) is 0 Å². The summed E-state index contributed by atoms with van der Waals surface area (Å²) in [5, 5.41) is 9.88. The van der Waals surface area contributed by atoms with Crippen LogP contribution in [0.15, 0.2) is 12.3 Å². The average Bonchev–Trinajstić information content (AvgIpc) is 2.56. The van der Waals surface area contributed by atoms with Crippen LogP contribution in [0.4, 0.5) is 0 Å². The van der Waals surface area contributed by atoms with Gasteiger partial charge in [-0.25, -0.2) is 0 Å². The summed E-state index contributed by atoms with van der Waals surface area (Å²) < 4.78 is 2.18. The molecule has 86 valence electrons. The first-order valence-corrected chi connectivity index (χ1v) is 5.85. The van der Waals surface area contributed by atoms with Crippen molar-refractivity contribution in [3.8, 4) is 0 Å². The Labute approximate surface area is 96.5 Å². The predicted octanol–water partition coefficient (Wildman–Crippen LogP) is 3.44. The van der Waals surface area contributed by atoms with Gasteiger partial charge < -0.3 is 4.57 Å². The summed E-state index contributed by atoms with van der Waals surface area (Å²) in [5.74, 6) is 0.429. The lowest BCUT2D eigenvalue weighted by molar-refractivity contribution is 0.613. The standard InChI is InChI=1S/C13H19N3/c1-8(2)12-6-11-10(5)7-16(9(3)4)13(11)15-14-12/h6-9H,1-5H3. The Bertz CT molecular complexity index is 509. The van der Waals surface area contributed by atoms with Crippen molar-refractivity contribution < 1.29 is 0 Å². The van der Waals surface area contributed by atoms with Crippen molar-refractivity contribution in [2.45, 2.75) is 46.6 Å².